The molecule has 0 atom stereocenters. The number of para-hydroxylation sites is 1. The number of ether oxygens (including phenoxy) is 2. The highest BCUT2D eigenvalue weighted by molar-refractivity contribution is 6.38. The largest absolute Gasteiger partial charge is 0.451 e. The van der Waals surface area contributed by atoms with E-state index in [1.807, 2.05) is 6.07 Å². The Labute approximate surface area is 174 Å². The first-order valence-corrected chi connectivity index (χ1v) is 9.81. The molecule has 1 aromatic carbocycles. The summed E-state index contributed by atoms with van der Waals surface area (Å²) in [5, 5.41) is 5.29. The maximum atomic E-state index is 12.4. The zero-order valence-corrected chi connectivity index (χ0v) is 16.8. The fourth-order valence-corrected chi connectivity index (χ4v) is 3.13. The van der Waals surface area contributed by atoms with Gasteiger partial charge in [-0.2, -0.15) is 5.10 Å². The molecule has 0 aliphatic carbocycles. The SMILES string of the molecule is CCOC(=O)N1CCN(C(=O)COC(=O)C2=NN(c3ccccc3)C(=O)CC2)CC1. The first kappa shape index (κ1) is 21.3. The molecule has 2 heterocycles. The van der Waals surface area contributed by atoms with Crippen LogP contribution in [0.5, 0.6) is 0 Å². The van der Waals surface area contributed by atoms with Crippen LogP contribution in [0.25, 0.3) is 0 Å². The van der Waals surface area contributed by atoms with Crippen LogP contribution in [0.2, 0.25) is 0 Å². The standard InChI is InChI=1S/C20H24N4O6/c1-2-29-20(28)23-12-10-22(11-13-23)18(26)14-30-19(27)16-8-9-17(25)24(21-16)15-6-4-3-5-7-15/h3-7H,2,8-14H2,1H3. The fraction of sp³-hybridized carbons (Fsp3) is 0.450. The smallest absolute Gasteiger partial charge is 0.409 e. The van der Waals surface area contributed by atoms with Crippen molar-refractivity contribution in [3.8, 4) is 0 Å². The van der Waals surface area contributed by atoms with Gasteiger partial charge in [0, 0.05) is 39.0 Å². The predicted octanol–water partition coefficient (Wildman–Crippen LogP) is 1.01. The van der Waals surface area contributed by atoms with E-state index in [0.717, 1.165) is 0 Å². The van der Waals surface area contributed by atoms with Gasteiger partial charge in [0.2, 0.25) is 5.91 Å². The number of carbonyl (C=O) groups is 4. The number of anilines is 1. The summed E-state index contributed by atoms with van der Waals surface area (Å²) in [6, 6.07) is 8.79. The van der Waals surface area contributed by atoms with Crippen LogP contribution in [0.4, 0.5) is 10.5 Å². The van der Waals surface area contributed by atoms with Gasteiger partial charge in [0.25, 0.3) is 5.91 Å². The monoisotopic (exact) mass is 416 g/mol. The van der Waals surface area contributed by atoms with E-state index in [4.69, 9.17) is 9.47 Å². The van der Waals surface area contributed by atoms with Crippen molar-refractivity contribution in [1.29, 1.82) is 0 Å². The molecule has 160 valence electrons. The highest BCUT2D eigenvalue weighted by Crippen LogP contribution is 2.20. The van der Waals surface area contributed by atoms with E-state index >= 15 is 0 Å². The second-order valence-electron chi connectivity index (χ2n) is 6.73. The minimum atomic E-state index is -0.720. The van der Waals surface area contributed by atoms with Gasteiger partial charge in [-0.15, -0.1) is 0 Å². The van der Waals surface area contributed by atoms with E-state index in [0.29, 0.717) is 38.5 Å². The first-order valence-electron chi connectivity index (χ1n) is 9.81. The van der Waals surface area contributed by atoms with Gasteiger partial charge in [0.05, 0.1) is 12.3 Å². The molecule has 1 fully saturated rings. The molecule has 0 bridgehead atoms. The average Bonchev–Trinajstić information content (AvgIpc) is 2.78. The lowest BCUT2D eigenvalue weighted by Crippen LogP contribution is -2.51. The zero-order chi connectivity index (χ0) is 21.5. The minimum absolute atomic E-state index is 0.0957. The molecule has 3 rings (SSSR count). The van der Waals surface area contributed by atoms with Crippen LogP contribution in [-0.4, -0.2) is 78.8 Å². The molecule has 0 radical (unpaired) electrons. The molecular weight excluding hydrogens is 392 g/mol. The van der Waals surface area contributed by atoms with Crippen LogP contribution in [0.15, 0.2) is 35.4 Å². The number of hydrogen-bond acceptors (Lipinski definition) is 7. The molecule has 1 saturated heterocycles. The third-order valence-corrected chi connectivity index (χ3v) is 4.75. The van der Waals surface area contributed by atoms with Crippen molar-refractivity contribution >= 4 is 35.3 Å². The van der Waals surface area contributed by atoms with Crippen molar-refractivity contribution in [2.75, 3.05) is 44.4 Å². The Balaban J connectivity index is 1.51. The zero-order valence-electron chi connectivity index (χ0n) is 16.8. The molecule has 10 heteroatoms. The van der Waals surface area contributed by atoms with Gasteiger partial charge in [-0.25, -0.2) is 14.6 Å². The van der Waals surface area contributed by atoms with Gasteiger partial charge in [0.1, 0.15) is 5.71 Å². The number of piperazine rings is 1. The van der Waals surface area contributed by atoms with Crippen molar-refractivity contribution in [3.05, 3.63) is 30.3 Å². The lowest BCUT2D eigenvalue weighted by Gasteiger charge is -2.33. The van der Waals surface area contributed by atoms with E-state index in [1.165, 1.54) is 14.8 Å². The van der Waals surface area contributed by atoms with Crippen LogP contribution in [0, 0.1) is 0 Å². The van der Waals surface area contributed by atoms with Gasteiger partial charge in [-0.05, 0) is 19.1 Å². The number of nitrogens with zero attached hydrogens (tertiary/aromatic N) is 4. The van der Waals surface area contributed by atoms with E-state index in [2.05, 4.69) is 5.10 Å². The van der Waals surface area contributed by atoms with E-state index in [-0.39, 0.29) is 30.4 Å². The summed E-state index contributed by atoms with van der Waals surface area (Å²) in [6.07, 6.45) is -0.108. The van der Waals surface area contributed by atoms with Crippen molar-refractivity contribution in [2.24, 2.45) is 5.10 Å². The number of rotatable bonds is 5. The molecular formula is C20H24N4O6. The van der Waals surface area contributed by atoms with Gasteiger partial charge < -0.3 is 19.3 Å². The third kappa shape index (κ3) is 5.13. The second-order valence-corrected chi connectivity index (χ2v) is 6.73. The number of hydrogen-bond donors (Lipinski definition) is 0. The molecule has 0 spiro atoms. The average molecular weight is 416 g/mol. The number of hydrazone groups is 1. The quantitative estimate of drug-likeness (QED) is 0.663. The first-order chi connectivity index (χ1) is 14.5. The summed E-state index contributed by atoms with van der Waals surface area (Å²) in [4.78, 5) is 51.6. The van der Waals surface area contributed by atoms with Crippen LogP contribution >= 0.6 is 0 Å². The maximum absolute atomic E-state index is 12.4. The molecule has 3 amide bonds. The Kier molecular flexibility index (Phi) is 6.99. The molecule has 0 aromatic heterocycles. The summed E-state index contributed by atoms with van der Waals surface area (Å²) < 4.78 is 10.1. The molecule has 2 aliphatic heterocycles. The van der Waals surface area contributed by atoms with Gasteiger partial charge in [-0.3, -0.25) is 9.59 Å². The molecule has 0 saturated carbocycles. The second kappa shape index (κ2) is 9.86. The Hall–Kier alpha value is -3.43. The lowest BCUT2D eigenvalue weighted by molar-refractivity contribution is -0.147. The molecule has 0 N–H and O–H groups in total. The minimum Gasteiger partial charge on any atom is -0.451 e. The van der Waals surface area contributed by atoms with Crippen molar-refractivity contribution in [2.45, 2.75) is 19.8 Å². The highest BCUT2D eigenvalue weighted by atomic mass is 16.6. The predicted molar refractivity (Wildman–Crippen MR) is 107 cm³/mol. The van der Waals surface area contributed by atoms with Crippen molar-refractivity contribution < 1.29 is 28.7 Å². The number of carbonyl (C=O) groups excluding carboxylic acids is 4. The third-order valence-electron chi connectivity index (χ3n) is 4.75. The summed E-state index contributed by atoms with van der Waals surface area (Å²) in [5.74, 6) is -1.28. The maximum Gasteiger partial charge on any atom is 0.409 e. The Morgan fingerprint density at radius 3 is 2.30 bits per heavy atom. The molecule has 0 unspecified atom stereocenters. The van der Waals surface area contributed by atoms with Crippen LogP contribution < -0.4 is 5.01 Å². The van der Waals surface area contributed by atoms with Crippen LogP contribution in [0.1, 0.15) is 19.8 Å². The lowest BCUT2D eigenvalue weighted by atomic mass is 10.1. The van der Waals surface area contributed by atoms with Crippen LogP contribution in [0.3, 0.4) is 0 Å². The molecule has 2 aliphatic rings. The van der Waals surface area contributed by atoms with Crippen molar-refractivity contribution in [1.82, 2.24) is 9.80 Å². The van der Waals surface area contributed by atoms with E-state index in [9.17, 15) is 19.2 Å². The fourth-order valence-electron chi connectivity index (χ4n) is 3.13. The van der Waals surface area contributed by atoms with E-state index < -0.39 is 18.7 Å². The Morgan fingerprint density at radius 1 is 0.967 bits per heavy atom. The van der Waals surface area contributed by atoms with Gasteiger partial charge in [-0.1, -0.05) is 18.2 Å². The Morgan fingerprint density at radius 2 is 1.63 bits per heavy atom. The van der Waals surface area contributed by atoms with Crippen LogP contribution in [-0.2, 0) is 23.9 Å². The summed E-state index contributed by atoms with van der Waals surface area (Å²) in [7, 11) is 0. The van der Waals surface area contributed by atoms with Gasteiger partial charge in [0.15, 0.2) is 6.61 Å². The topological polar surface area (TPSA) is 109 Å². The van der Waals surface area contributed by atoms with E-state index in [1.54, 1.807) is 31.2 Å². The number of esters is 1. The van der Waals surface area contributed by atoms with Gasteiger partial charge >= 0.3 is 12.1 Å². The summed E-state index contributed by atoms with van der Waals surface area (Å²) in [6.45, 7) is 3.01. The molecule has 10 nitrogen and oxygen atoms in total. The molecule has 30 heavy (non-hydrogen) atoms. The summed E-state index contributed by atoms with van der Waals surface area (Å²) >= 11 is 0. The highest BCUT2D eigenvalue weighted by Gasteiger charge is 2.28. The number of amides is 3. The van der Waals surface area contributed by atoms with Crippen molar-refractivity contribution in [3.63, 3.8) is 0 Å². The molecule has 1 aromatic rings. The normalized spacial score (nSPS) is 16.8. The Bertz CT molecular complexity index is 833. The summed E-state index contributed by atoms with van der Waals surface area (Å²) in [5.41, 5.74) is 0.654. The number of benzene rings is 1.